The number of nitrogens with zero attached hydrogens (tertiary/aromatic N) is 2. The smallest absolute Gasteiger partial charge is 0.267 e. The summed E-state index contributed by atoms with van der Waals surface area (Å²) in [5.74, 6) is 0.420. The summed E-state index contributed by atoms with van der Waals surface area (Å²) in [6.07, 6.45) is 0. The molecule has 3 aromatic rings. The maximum absolute atomic E-state index is 13.3. The fourth-order valence-corrected chi connectivity index (χ4v) is 2.29. The summed E-state index contributed by atoms with van der Waals surface area (Å²) < 4.78 is 19.7. The molecule has 0 aliphatic carbocycles. The van der Waals surface area contributed by atoms with E-state index in [0.717, 1.165) is 11.3 Å². The molecule has 0 radical (unpaired) electrons. The molecule has 0 aliphatic heterocycles. The molecule has 116 valence electrons. The lowest BCUT2D eigenvalue weighted by Crippen LogP contribution is -2.22. The van der Waals surface area contributed by atoms with E-state index in [1.807, 2.05) is 24.3 Å². The highest BCUT2D eigenvalue weighted by Gasteiger charge is 2.05. The van der Waals surface area contributed by atoms with E-state index in [2.05, 4.69) is 5.10 Å². The molecule has 4 nitrogen and oxygen atoms in total. The first-order valence-electron chi connectivity index (χ1n) is 7.13. The van der Waals surface area contributed by atoms with Gasteiger partial charge in [0.15, 0.2) is 0 Å². The number of ether oxygens (including phenoxy) is 1. The predicted molar refractivity (Wildman–Crippen MR) is 86.0 cm³/mol. The summed E-state index contributed by atoms with van der Waals surface area (Å²) in [6.45, 7) is 0.223. The number of methoxy groups -OCH3 is 1. The molecule has 1 heterocycles. The van der Waals surface area contributed by atoms with Crippen molar-refractivity contribution in [2.24, 2.45) is 0 Å². The van der Waals surface area contributed by atoms with Gasteiger partial charge in [-0.15, -0.1) is 0 Å². The second-order valence-electron chi connectivity index (χ2n) is 5.07. The molecule has 0 bridgehead atoms. The third-order valence-electron chi connectivity index (χ3n) is 3.47. The van der Waals surface area contributed by atoms with Crippen LogP contribution >= 0.6 is 0 Å². The molecule has 0 aliphatic rings. The van der Waals surface area contributed by atoms with Gasteiger partial charge in [0.25, 0.3) is 5.56 Å². The molecule has 0 saturated heterocycles. The van der Waals surface area contributed by atoms with Crippen LogP contribution in [-0.4, -0.2) is 16.9 Å². The van der Waals surface area contributed by atoms with Crippen LogP contribution in [0.4, 0.5) is 4.39 Å². The maximum Gasteiger partial charge on any atom is 0.267 e. The molecular formula is C18H15FN2O2. The first-order chi connectivity index (χ1) is 11.2. The SMILES string of the molecule is COc1ccc(-c2ccc(=O)n(Cc3cccc(F)c3)n2)cc1. The Morgan fingerprint density at radius 3 is 2.57 bits per heavy atom. The highest BCUT2D eigenvalue weighted by atomic mass is 19.1. The number of halogens is 1. The Morgan fingerprint density at radius 2 is 1.87 bits per heavy atom. The first-order valence-corrected chi connectivity index (χ1v) is 7.13. The lowest BCUT2D eigenvalue weighted by molar-refractivity contribution is 0.415. The summed E-state index contributed by atoms with van der Waals surface area (Å²) in [4.78, 5) is 12.0. The Morgan fingerprint density at radius 1 is 1.09 bits per heavy atom. The molecule has 23 heavy (non-hydrogen) atoms. The highest BCUT2D eigenvalue weighted by Crippen LogP contribution is 2.19. The molecule has 0 unspecified atom stereocenters. The van der Waals surface area contributed by atoms with Crippen LogP contribution in [0.2, 0.25) is 0 Å². The Kier molecular flexibility index (Phi) is 4.19. The lowest BCUT2D eigenvalue weighted by Gasteiger charge is -2.08. The Balaban J connectivity index is 1.93. The van der Waals surface area contributed by atoms with Gasteiger partial charge < -0.3 is 4.74 Å². The molecule has 0 atom stereocenters. The van der Waals surface area contributed by atoms with Gasteiger partial charge in [0, 0.05) is 11.6 Å². The van der Waals surface area contributed by atoms with Gasteiger partial charge in [0.2, 0.25) is 0 Å². The third kappa shape index (κ3) is 3.45. The van der Waals surface area contributed by atoms with Gasteiger partial charge in [-0.05, 0) is 48.0 Å². The minimum Gasteiger partial charge on any atom is -0.497 e. The van der Waals surface area contributed by atoms with Crippen molar-refractivity contribution < 1.29 is 9.13 Å². The Labute approximate surface area is 132 Å². The zero-order valence-electron chi connectivity index (χ0n) is 12.6. The fraction of sp³-hybridized carbons (Fsp3) is 0.111. The van der Waals surface area contributed by atoms with Crippen molar-refractivity contribution in [3.8, 4) is 17.0 Å². The van der Waals surface area contributed by atoms with Crippen molar-refractivity contribution in [2.75, 3.05) is 7.11 Å². The standard InChI is InChI=1S/C18H15FN2O2/c1-23-16-7-5-14(6-8-16)17-9-10-18(22)21(20-17)12-13-3-2-4-15(19)11-13/h2-11H,12H2,1H3. The van der Waals surface area contributed by atoms with E-state index in [-0.39, 0.29) is 17.9 Å². The van der Waals surface area contributed by atoms with Gasteiger partial charge >= 0.3 is 0 Å². The minimum absolute atomic E-state index is 0.223. The van der Waals surface area contributed by atoms with E-state index in [4.69, 9.17) is 4.74 Å². The van der Waals surface area contributed by atoms with Crippen LogP contribution in [0.15, 0.2) is 65.5 Å². The predicted octanol–water partition coefficient (Wildman–Crippen LogP) is 3.11. The molecule has 0 saturated carbocycles. The largest absolute Gasteiger partial charge is 0.497 e. The Hall–Kier alpha value is -2.95. The third-order valence-corrected chi connectivity index (χ3v) is 3.47. The van der Waals surface area contributed by atoms with Crippen molar-refractivity contribution in [3.05, 3.63) is 82.4 Å². The summed E-state index contributed by atoms with van der Waals surface area (Å²) >= 11 is 0. The van der Waals surface area contributed by atoms with Crippen LogP contribution in [0.1, 0.15) is 5.56 Å². The molecule has 0 amide bonds. The highest BCUT2D eigenvalue weighted by molar-refractivity contribution is 5.59. The van der Waals surface area contributed by atoms with Gasteiger partial charge in [-0.25, -0.2) is 9.07 Å². The number of hydrogen-bond donors (Lipinski definition) is 0. The van der Waals surface area contributed by atoms with Gasteiger partial charge in [-0.2, -0.15) is 5.10 Å². The topological polar surface area (TPSA) is 44.1 Å². The molecule has 3 rings (SSSR count). The van der Waals surface area contributed by atoms with E-state index >= 15 is 0 Å². The van der Waals surface area contributed by atoms with E-state index in [0.29, 0.717) is 11.3 Å². The summed E-state index contributed by atoms with van der Waals surface area (Å²) in [5.41, 5.74) is 2.00. The van der Waals surface area contributed by atoms with Gasteiger partial charge in [0.05, 0.1) is 19.3 Å². The van der Waals surface area contributed by atoms with Crippen molar-refractivity contribution >= 4 is 0 Å². The van der Waals surface area contributed by atoms with Gasteiger partial charge in [0.1, 0.15) is 11.6 Å². The van der Waals surface area contributed by atoms with Crippen LogP contribution in [0, 0.1) is 5.82 Å². The van der Waals surface area contributed by atoms with E-state index in [1.165, 1.54) is 22.9 Å². The lowest BCUT2D eigenvalue weighted by atomic mass is 10.1. The van der Waals surface area contributed by atoms with Crippen molar-refractivity contribution in [1.82, 2.24) is 9.78 Å². The molecule has 0 fully saturated rings. The zero-order chi connectivity index (χ0) is 16.2. The Bertz CT molecular complexity index is 873. The van der Waals surface area contributed by atoms with Crippen LogP contribution in [0.5, 0.6) is 5.75 Å². The zero-order valence-corrected chi connectivity index (χ0v) is 12.6. The number of hydrogen-bond acceptors (Lipinski definition) is 3. The molecule has 0 spiro atoms. The molecule has 1 aromatic heterocycles. The van der Waals surface area contributed by atoms with E-state index in [1.54, 1.807) is 25.3 Å². The first kappa shape index (κ1) is 15.0. The molecule has 5 heteroatoms. The second-order valence-corrected chi connectivity index (χ2v) is 5.07. The number of aromatic nitrogens is 2. The van der Waals surface area contributed by atoms with Crippen LogP contribution in [0.25, 0.3) is 11.3 Å². The van der Waals surface area contributed by atoms with Crippen LogP contribution < -0.4 is 10.3 Å². The average molecular weight is 310 g/mol. The summed E-state index contributed by atoms with van der Waals surface area (Å²) in [7, 11) is 1.60. The second kappa shape index (κ2) is 6.44. The van der Waals surface area contributed by atoms with Crippen LogP contribution in [0.3, 0.4) is 0 Å². The number of benzene rings is 2. The van der Waals surface area contributed by atoms with Gasteiger partial charge in [-0.1, -0.05) is 12.1 Å². The molecular weight excluding hydrogens is 295 g/mol. The summed E-state index contributed by atoms with van der Waals surface area (Å²) in [6, 6.07) is 16.7. The normalized spacial score (nSPS) is 10.5. The number of rotatable bonds is 4. The summed E-state index contributed by atoms with van der Waals surface area (Å²) in [5, 5.41) is 4.36. The van der Waals surface area contributed by atoms with Gasteiger partial charge in [-0.3, -0.25) is 4.79 Å². The molecule has 2 aromatic carbocycles. The average Bonchev–Trinajstić information content (AvgIpc) is 2.57. The minimum atomic E-state index is -0.332. The van der Waals surface area contributed by atoms with Crippen LogP contribution in [-0.2, 0) is 6.54 Å². The monoisotopic (exact) mass is 310 g/mol. The quantitative estimate of drug-likeness (QED) is 0.744. The fourth-order valence-electron chi connectivity index (χ4n) is 2.29. The van der Waals surface area contributed by atoms with Crippen molar-refractivity contribution in [3.63, 3.8) is 0 Å². The van der Waals surface area contributed by atoms with E-state index in [9.17, 15) is 9.18 Å². The molecule has 0 N–H and O–H groups in total. The maximum atomic E-state index is 13.3. The van der Waals surface area contributed by atoms with Crippen molar-refractivity contribution in [2.45, 2.75) is 6.54 Å². The van der Waals surface area contributed by atoms with E-state index < -0.39 is 0 Å². The van der Waals surface area contributed by atoms with Crippen molar-refractivity contribution in [1.29, 1.82) is 0 Å².